The minimum atomic E-state index is -0.469. The number of halogens is 1. The summed E-state index contributed by atoms with van der Waals surface area (Å²) >= 11 is 0. The van der Waals surface area contributed by atoms with Crippen molar-refractivity contribution in [3.05, 3.63) is 35.6 Å². The standard InChI is InChI=1S/C13H19FN2O/c1-2-3-7-12(15)13(17)16-9-10-5-4-6-11(14)8-10/h4-6,8,12H,2-3,7,9,15H2,1H3,(H,16,17). The third-order valence-electron chi connectivity index (χ3n) is 2.56. The van der Waals surface area contributed by atoms with Crippen molar-refractivity contribution >= 4 is 5.91 Å². The summed E-state index contributed by atoms with van der Waals surface area (Å²) in [5.74, 6) is -0.477. The van der Waals surface area contributed by atoms with Gasteiger partial charge in [-0.3, -0.25) is 4.79 Å². The zero-order valence-corrected chi connectivity index (χ0v) is 10.1. The van der Waals surface area contributed by atoms with E-state index < -0.39 is 6.04 Å². The Morgan fingerprint density at radius 1 is 1.53 bits per heavy atom. The topological polar surface area (TPSA) is 55.1 Å². The van der Waals surface area contributed by atoms with Gasteiger partial charge in [0.15, 0.2) is 0 Å². The van der Waals surface area contributed by atoms with Gasteiger partial charge in [0.1, 0.15) is 5.82 Å². The van der Waals surface area contributed by atoms with E-state index in [0.717, 1.165) is 18.4 Å². The van der Waals surface area contributed by atoms with Crippen LogP contribution in [-0.2, 0) is 11.3 Å². The third kappa shape index (κ3) is 4.95. The van der Waals surface area contributed by atoms with Gasteiger partial charge in [0.25, 0.3) is 0 Å². The zero-order chi connectivity index (χ0) is 12.7. The number of amides is 1. The summed E-state index contributed by atoms with van der Waals surface area (Å²) in [6.07, 6.45) is 2.64. The number of benzene rings is 1. The van der Waals surface area contributed by atoms with Crippen LogP contribution in [-0.4, -0.2) is 11.9 Å². The Labute approximate surface area is 101 Å². The van der Waals surface area contributed by atoms with Gasteiger partial charge >= 0.3 is 0 Å². The molecule has 3 nitrogen and oxygen atoms in total. The fraction of sp³-hybridized carbons (Fsp3) is 0.462. The molecule has 1 aromatic rings. The number of rotatable bonds is 6. The molecular formula is C13H19FN2O. The van der Waals surface area contributed by atoms with E-state index in [0.29, 0.717) is 13.0 Å². The summed E-state index contributed by atoms with van der Waals surface area (Å²) in [5, 5.41) is 2.70. The molecular weight excluding hydrogens is 219 g/mol. The van der Waals surface area contributed by atoms with Crippen molar-refractivity contribution in [2.75, 3.05) is 0 Å². The summed E-state index contributed by atoms with van der Waals surface area (Å²) in [5.41, 5.74) is 6.45. The molecule has 0 radical (unpaired) electrons. The van der Waals surface area contributed by atoms with Crippen molar-refractivity contribution < 1.29 is 9.18 Å². The van der Waals surface area contributed by atoms with Crippen LogP contribution in [0.15, 0.2) is 24.3 Å². The van der Waals surface area contributed by atoms with Crippen LogP contribution in [0.25, 0.3) is 0 Å². The largest absolute Gasteiger partial charge is 0.351 e. The van der Waals surface area contributed by atoms with Crippen LogP contribution in [0, 0.1) is 5.82 Å². The molecule has 0 spiro atoms. The van der Waals surface area contributed by atoms with Gasteiger partial charge < -0.3 is 11.1 Å². The van der Waals surface area contributed by atoms with E-state index in [1.807, 2.05) is 0 Å². The molecule has 1 atom stereocenters. The molecule has 0 aliphatic rings. The molecule has 1 rings (SSSR count). The first-order chi connectivity index (χ1) is 8.13. The fourth-order valence-electron chi connectivity index (χ4n) is 1.52. The molecule has 1 amide bonds. The van der Waals surface area contributed by atoms with Crippen molar-refractivity contribution in [2.45, 2.75) is 38.8 Å². The fourth-order valence-corrected chi connectivity index (χ4v) is 1.52. The maximum Gasteiger partial charge on any atom is 0.237 e. The molecule has 0 saturated carbocycles. The quantitative estimate of drug-likeness (QED) is 0.796. The lowest BCUT2D eigenvalue weighted by atomic mass is 10.1. The Kier molecular flexibility index (Phi) is 5.63. The molecule has 17 heavy (non-hydrogen) atoms. The minimum absolute atomic E-state index is 0.178. The molecule has 1 unspecified atom stereocenters. The van der Waals surface area contributed by atoms with E-state index in [9.17, 15) is 9.18 Å². The molecule has 3 N–H and O–H groups in total. The van der Waals surface area contributed by atoms with Gasteiger partial charge in [0.05, 0.1) is 6.04 Å². The highest BCUT2D eigenvalue weighted by Gasteiger charge is 2.11. The average Bonchev–Trinajstić information content (AvgIpc) is 2.33. The van der Waals surface area contributed by atoms with E-state index in [1.54, 1.807) is 12.1 Å². The second-order valence-electron chi connectivity index (χ2n) is 4.10. The first kappa shape index (κ1) is 13.6. The number of nitrogens with two attached hydrogens (primary N) is 1. The Morgan fingerprint density at radius 3 is 2.94 bits per heavy atom. The Hall–Kier alpha value is -1.42. The molecule has 4 heteroatoms. The van der Waals surface area contributed by atoms with Gasteiger partial charge in [-0.25, -0.2) is 4.39 Å². The zero-order valence-electron chi connectivity index (χ0n) is 10.1. The average molecular weight is 238 g/mol. The smallest absolute Gasteiger partial charge is 0.237 e. The summed E-state index contributed by atoms with van der Waals surface area (Å²) in [4.78, 5) is 11.6. The van der Waals surface area contributed by atoms with E-state index in [1.165, 1.54) is 12.1 Å². The van der Waals surface area contributed by atoms with Crippen LogP contribution in [0.3, 0.4) is 0 Å². The molecule has 0 aliphatic heterocycles. The number of hydrogen-bond donors (Lipinski definition) is 2. The normalized spacial score (nSPS) is 12.2. The van der Waals surface area contributed by atoms with Crippen LogP contribution in [0.4, 0.5) is 4.39 Å². The Balaban J connectivity index is 2.37. The summed E-state index contributed by atoms with van der Waals surface area (Å²) in [7, 11) is 0. The molecule has 0 saturated heterocycles. The highest BCUT2D eigenvalue weighted by molar-refractivity contribution is 5.81. The summed E-state index contributed by atoms with van der Waals surface area (Å²) in [6.45, 7) is 2.37. The third-order valence-corrected chi connectivity index (χ3v) is 2.56. The van der Waals surface area contributed by atoms with E-state index in [-0.39, 0.29) is 11.7 Å². The Bertz CT molecular complexity index is 368. The maximum atomic E-state index is 12.9. The lowest BCUT2D eigenvalue weighted by Gasteiger charge is -2.11. The first-order valence-electron chi connectivity index (χ1n) is 5.91. The second-order valence-corrected chi connectivity index (χ2v) is 4.10. The molecule has 0 aliphatic carbocycles. The SMILES string of the molecule is CCCCC(N)C(=O)NCc1cccc(F)c1. The number of nitrogens with one attached hydrogen (secondary N) is 1. The van der Waals surface area contributed by atoms with Crippen LogP contribution in [0.5, 0.6) is 0 Å². The van der Waals surface area contributed by atoms with E-state index in [4.69, 9.17) is 5.73 Å². The number of unbranched alkanes of at least 4 members (excludes halogenated alkanes) is 1. The lowest BCUT2D eigenvalue weighted by Crippen LogP contribution is -2.40. The molecule has 0 aromatic heterocycles. The number of hydrogen-bond acceptors (Lipinski definition) is 2. The molecule has 0 bridgehead atoms. The number of carbonyl (C=O) groups is 1. The predicted octanol–water partition coefficient (Wildman–Crippen LogP) is 1.96. The van der Waals surface area contributed by atoms with Crippen molar-refractivity contribution in [1.29, 1.82) is 0 Å². The predicted molar refractivity (Wildman–Crippen MR) is 65.7 cm³/mol. The number of carbonyl (C=O) groups excluding carboxylic acids is 1. The summed E-state index contributed by atoms with van der Waals surface area (Å²) in [6, 6.07) is 5.69. The van der Waals surface area contributed by atoms with Crippen molar-refractivity contribution in [3.63, 3.8) is 0 Å². The van der Waals surface area contributed by atoms with Gasteiger partial charge in [0, 0.05) is 6.54 Å². The van der Waals surface area contributed by atoms with Crippen LogP contribution >= 0.6 is 0 Å². The highest BCUT2D eigenvalue weighted by Crippen LogP contribution is 2.03. The molecule has 0 heterocycles. The van der Waals surface area contributed by atoms with Gasteiger partial charge in [-0.05, 0) is 24.1 Å². The molecule has 94 valence electrons. The van der Waals surface area contributed by atoms with Crippen molar-refractivity contribution in [2.24, 2.45) is 5.73 Å². The van der Waals surface area contributed by atoms with Gasteiger partial charge in [-0.1, -0.05) is 31.9 Å². The molecule has 0 fully saturated rings. The lowest BCUT2D eigenvalue weighted by molar-refractivity contribution is -0.122. The maximum absolute atomic E-state index is 12.9. The van der Waals surface area contributed by atoms with E-state index in [2.05, 4.69) is 12.2 Å². The summed E-state index contributed by atoms with van der Waals surface area (Å²) < 4.78 is 12.9. The monoisotopic (exact) mass is 238 g/mol. The van der Waals surface area contributed by atoms with Crippen LogP contribution in [0.2, 0.25) is 0 Å². The highest BCUT2D eigenvalue weighted by atomic mass is 19.1. The minimum Gasteiger partial charge on any atom is -0.351 e. The first-order valence-corrected chi connectivity index (χ1v) is 5.91. The van der Waals surface area contributed by atoms with Gasteiger partial charge in [-0.2, -0.15) is 0 Å². The van der Waals surface area contributed by atoms with Crippen molar-refractivity contribution in [1.82, 2.24) is 5.32 Å². The van der Waals surface area contributed by atoms with Gasteiger partial charge in [0.2, 0.25) is 5.91 Å². The van der Waals surface area contributed by atoms with Crippen LogP contribution in [0.1, 0.15) is 31.7 Å². The van der Waals surface area contributed by atoms with Crippen molar-refractivity contribution in [3.8, 4) is 0 Å². The molecule has 1 aromatic carbocycles. The Morgan fingerprint density at radius 2 is 2.29 bits per heavy atom. The van der Waals surface area contributed by atoms with Gasteiger partial charge in [-0.15, -0.1) is 0 Å². The van der Waals surface area contributed by atoms with Crippen LogP contribution < -0.4 is 11.1 Å². The second kappa shape index (κ2) is 7.01. The van der Waals surface area contributed by atoms with E-state index >= 15 is 0 Å².